The summed E-state index contributed by atoms with van der Waals surface area (Å²) in [5, 5.41) is 3.44. The highest BCUT2D eigenvalue weighted by atomic mass is 16.5. The van der Waals surface area contributed by atoms with Gasteiger partial charge in [-0.05, 0) is 85.7 Å². The molecule has 1 amide bonds. The van der Waals surface area contributed by atoms with Gasteiger partial charge in [0.25, 0.3) is 5.56 Å². The van der Waals surface area contributed by atoms with E-state index >= 15 is 0 Å². The van der Waals surface area contributed by atoms with Gasteiger partial charge in [0.05, 0.1) is 5.92 Å². The molecule has 2 heterocycles. The van der Waals surface area contributed by atoms with Crippen molar-refractivity contribution in [3.63, 3.8) is 0 Å². The second-order valence-corrected chi connectivity index (χ2v) is 10.7. The van der Waals surface area contributed by atoms with Gasteiger partial charge in [-0.15, -0.1) is 0 Å². The second-order valence-electron chi connectivity index (χ2n) is 10.7. The number of hydrogen-bond acceptors (Lipinski definition) is 5. The number of benzene rings is 1. The summed E-state index contributed by atoms with van der Waals surface area (Å²) in [6.45, 7) is 3.64. The largest absolute Gasteiger partial charge is 0.385 e. The minimum absolute atomic E-state index is 0.0208. The Kier molecular flexibility index (Phi) is 9.95. The highest BCUT2D eigenvalue weighted by molar-refractivity contribution is 5.81. The van der Waals surface area contributed by atoms with Crippen LogP contribution in [0.3, 0.4) is 0 Å². The molecule has 1 aromatic heterocycles. The smallest absolute Gasteiger partial charge is 0.250 e. The minimum atomic E-state index is -0.160. The molecule has 1 aliphatic carbocycles. The summed E-state index contributed by atoms with van der Waals surface area (Å²) in [5.74, 6) is 0.118. The zero-order valence-corrected chi connectivity index (χ0v) is 22.7. The summed E-state index contributed by atoms with van der Waals surface area (Å²) >= 11 is 0. The van der Waals surface area contributed by atoms with Crippen molar-refractivity contribution in [1.29, 1.82) is 0 Å². The quantitative estimate of drug-likeness (QED) is 0.419. The lowest BCUT2D eigenvalue weighted by Crippen LogP contribution is -2.47. The van der Waals surface area contributed by atoms with E-state index in [0.717, 1.165) is 70.3 Å². The maximum Gasteiger partial charge on any atom is 0.250 e. The van der Waals surface area contributed by atoms with Crippen LogP contribution in [-0.2, 0) is 40.7 Å². The SMILES string of the molecule is COCCCc1cc(CCCOC)cc(CN(C(=O)[C@@H]2CNCC[C@H]2c2ccn(C)c(=O)c2)C2CC2)c1. The van der Waals surface area contributed by atoms with Crippen LogP contribution >= 0.6 is 0 Å². The first-order chi connectivity index (χ1) is 18.0. The third-order valence-corrected chi connectivity index (χ3v) is 7.72. The molecule has 0 spiro atoms. The number of carbonyl (C=O) groups excluding carboxylic acids is 1. The number of carbonyl (C=O) groups is 1. The van der Waals surface area contributed by atoms with Crippen LogP contribution < -0.4 is 10.9 Å². The highest BCUT2D eigenvalue weighted by Crippen LogP contribution is 2.36. The van der Waals surface area contributed by atoms with Crippen LogP contribution in [0.15, 0.2) is 41.3 Å². The number of nitrogens with zero attached hydrogens (tertiary/aromatic N) is 2. The van der Waals surface area contributed by atoms with Crippen LogP contribution in [0.2, 0.25) is 0 Å². The lowest BCUT2D eigenvalue weighted by atomic mass is 9.80. The van der Waals surface area contributed by atoms with Gasteiger partial charge in [-0.2, -0.15) is 0 Å². The fourth-order valence-corrected chi connectivity index (χ4v) is 5.55. The van der Waals surface area contributed by atoms with Gasteiger partial charge in [-0.25, -0.2) is 0 Å². The van der Waals surface area contributed by atoms with Crippen molar-refractivity contribution in [2.24, 2.45) is 13.0 Å². The van der Waals surface area contributed by atoms with Crippen molar-refractivity contribution < 1.29 is 14.3 Å². The Morgan fingerprint density at radius 3 is 2.24 bits per heavy atom. The Morgan fingerprint density at radius 1 is 1.00 bits per heavy atom. The molecular weight excluding hydrogens is 466 g/mol. The number of aromatic nitrogens is 1. The fraction of sp³-hybridized carbons (Fsp3) is 0.600. The van der Waals surface area contributed by atoms with Gasteiger partial charge in [-0.1, -0.05) is 18.2 Å². The van der Waals surface area contributed by atoms with Crippen LogP contribution in [0.25, 0.3) is 0 Å². The Bertz CT molecular complexity index is 1070. The monoisotopic (exact) mass is 509 g/mol. The van der Waals surface area contributed by atoms with Crippen molar-refractivity contribution in [3.8, 4) is 0 Å². The minimum Gasteiger partial charge on any atom is -0.385 e. The fourth-order valence-electron chi connectivity index (χ4n) is 5.55. The van der Waals surface area contributed by atoms with E-state index in [4.69, 9.17) is 9.47 Å². The van der Waals surface area contributed by atoms with Gasteiger partial charge in [0.2, 0.25) is 5.91 Å². The van der Waals surface area contributed by atoms with Crippen LogP contribution in [-0.4, -0.2) is 61.9 Å². The molecule has 0 unspecified atom stereocenters. The first-order valence-electron chi connectivity index (χ1n) is 13.8. The number of pyridine rings is 1. The van der Waals surface area contributed by atoms with Gasteiger partial charge < -0.3 is 24.3 Å². The molecule has 4 rings (SSSR count). The number of ether oxygens (including phenoxy) is 2. The Morgan fingerprint density at radius 2 is 1.65 bits per heavy atom. The van der Waals surface area contributed by atoms with Crippen molar-refractivity contribution >= 4 is 5.91 Å². The van der Waals surface area contributed by atoms with Gasteiger partial charge >= 0.3 is 0 Å². The van der Waals surface area contributed by atoms with Crippen LogP contribution in [0.5, 0.6) is 0 Å². The summed E-state index contributed by atoms with van der Waals surface area (Å²) in [7, 11) is 5.25. The average Bonchev–Trinajstić information content (AvgIpc) is 3.74. The lowest BCUT2D eigenvalue weighted by Gasteiger charge is -2.36. The molecule has 1 saturated heterocycles. The van der Waals surface area contributed by atoms with E-state index in [9.17, 15) is 9.59 Å². The Hall–Kier alpha value is -2.48. The van der Waals surface area contributed by atoms with E-state index in [1.54, 1.807) is 31.9 Å². The van der Waals surface area contributed by atoms with E-state index < -0.39 is 0 Å². The first-order valence-corrected chi connectivity index (χ1v) is 13.8. The van der Waals surface area contributed by atoms with Crippen molar-refractivity contribution in [3.05, 3.63) is 69.1 Å². The van der Waals surface area contributed by atoms with E-state index in [2.05, 4.69) is 28.4 Å². The molecule has 2 aliphatic rings. The number of hydrogen-bond donors (Lipinski definition) is 1. The predicted molar refractivity (Wildman–Crippen MR) is 146 cm³/mol. The molecule has 0 bridgehead atoms. The molecule has 2 fully saturated rings. The summed E-state index contributed by atoms with van der Waals surface area (Å²) in [5.41, 5.74) is 4.79. The van der Waals surface area contributed by atoms with Gasteiger partial charge in [0.15, 0.2) is 0 Å². The maximum atomic E-state index is 14.1. The molecule has 37 heavy (non-hydrogen) atoms. The van der Waals surface area contributed by atoms with Crippen molar-refractivity contribution in [1.82, 2.24) is 14.8 Å². The summed E-state index contributed by atoms with van der Waals surface area (Å²) < 4.78 is 12.1. The third-order valence-electron chi connectivity index (χ3n) is 7.72. The van der Waals surface area contributed by atoms with Crippen molar-refractivity contribution in [2.75, 3.05) is 40.5 Å². The normalized spacial score (nSPS) is 19.6. The molecule has 0 radical (unpaired) electrons. The van der Waals surface area contributed by atoms with E-state index in [1.807, 2.05) is 12.3 Å². The molecule has 7 heteroatoms. The number of amides is 1. The Balaban J connectivity index is 1.55. The Labute approximate surface area is 221 Å². The number of aryl methyl sites for hydroxylation is 3. The molecule has 1 saturated carbocycles. The number of rotatable bonds is 13. The standard InChI is InChI=1S/C30H43N3O4/c1-32-13-11-25(19-29(32)34)27-10-12-31-20-28(27)30(35)33(26-8-9-26)21-24-17-22(6-4-14-36-2)16-23(18-24)7-5-15-37-3/h11,13,16-19,26-28,31H,4-10,12,14-15,20-21H2,1-3H3/t27-,28+/m0/s1. The molecule has 1 aliphatic heterocycles. The number of nitrogens with one attached hydrogen (secondary N) is 1. The maximum absolute atomic E-state index is 14.1. The third kappa shape index (κ3) is 7.53. The number of methoxy groups -OCH3 is 2. The number of piperidine rings is 1. The summed E-state index contributed by atoms with van der Waals surface area (Å²) in [4.78, 5) is 28.5. The predicted octanol–water partition coefficient (Wildman–Crippen LogP) is 3.43. The van der Waals surface area contributed by atoms with E-state index in [-0.39, 0.29) is 23.3 Å². The van der Waals surface area contributed by atoms with Gasteiger partial charge in [-0.3, -0.25) is 9.59 Å². The topological polar surface area (TPSA) is 72.8 Å². The van der Waals surface area contributed by atoms with E-state index in [0.29, 0.717) is 19.1 Å². The molecule has 1 N–H and O–H groups in total. The first kappa shape index (κ1) is 27.6. The molecule has 7 nitrogen and oxygen atoms in total. The molecule has 1 aromatic carbocycles. The second kappa shape index (κ2) is 13.4. The van der Waals surface area contributed by atoms with Crippen LogP contribution in [0.4, 0.5) is 0 Å². The lowest BCUT2D eigenvalue weighted by molar-refractivity contribution is -0.138. The van der Waals surface area contributed by atoms with E-state index in [1.165, 1.54) is 16.7 Å². The zero-order valence-electron chi connectivity index (χ0n) is 22.7. The van der Waals surface area contributed by atoms with Crippen LogP contribution in [0.1, 0.15) is 60.3 Å². The summed E-state index contributed by atoms with van der Waals surface area (Å²) in [6.07, 6.45) is 8.71. The molecular formula is C30H43N3O4. The van der Waals surface area contributed by atoms with Crippen LogP contribution in [0, 0.1) is 5.92 Å². The highest BCUT2D eigenvalue weighted by Gasteiger charge is 2.40. The van der Waals surface area contributed by atoms with Crippen molar-refractivity contribution in [2.45, 2.75) is 63.5 Å². The van der Waals surface area contributed by atoms with Gasteiger partial charge in [0.1, 0.15) is 0 Å². The molecule has 2 atom stereocenters. The zero-order chi connectivity index (χ0) is 26.2. The molecule has 2 aromatic rings. The van der Waals surface area contributed by atoms with Gasteiger partial charge in [0, 0.05) is 65.9 Å². The average molecular weight is 510 g/mol. The molecule has 202 valence electrons. The summed E-state index contributed by atoms with van der Waals surface area (Å²) in [6, 6.07) is 10.9.